The third kappa shape index (κ3) is 3.90. The summed E-state index contributed by atoms with van der Waals surface area (Å²) in [4.78, 5) is 5.49. The Kier molecular flexibility index (Phi) is 4.99. The van der Waals surface area contributed by atoms with Crippen molar-refractivity contribution in [3.05, 3.63) is 83.0 Å². The lowest BCUT2D eigenvalue weighted by molar-refractivity contribution is 0.279. The van der Waals surface area contributed by atoms with Crippen molar-refractivity contribution in [1.82, 2.24) is 9.55 Å². The number of hydrogen-bond acceptors (Lipinski definition) is 3. The van der Waals surface area contributed by atoms with E-state index in [9.17, 15) is 8.78 Å². The second kappa shape index (κ2) is 7.56. The van der Waals surface area contributed by atoms with E-state index in [-0.39, 0.29) is 0 Å². The van der Waals surface area contributed by atoms with Gasteiger partial charge in [0.1, 0.15) is 16.7 Å². The Bertz CT molecular complexity index is 979. The van der Waals surface area contributed by atoms with Gasteiger partial charge in [-0.15, -0.1) is 0 Å². The summed E-state index contributed by atoms with van der Waals surface area (Å²) in [6, 6.07) is 9.43. The highest BCUT2D eigenvalue weighted by atomic mass is 32.2. The van der Waals surface area contributed by atoms with Crippen LogP contribution in [0.15, 0.2) is 64.5 Å². The second-order valence-electron chi connectivity index (χ2n) is 6.35. The highest BCUT2D eigenvalue weighted by Crippen LogP contribution is 2.37. The molecule has 2 heterocycles. The van der Waals surface area contributed by atoms with Gasteiger partial charge in [-0.2, -0.15) is 0 Å². The van der Waals surface area contributed by atoms with Crippen LogP contribution in [0.25, 0.3) is 6.08 Å². The Morgan fingerprint density at radius 3 is 2.67 bits per heavy atom. The predicted molar refractivity (Wildman–Crippen MR) is 102 cm³/mol. The van der Waals surface area contributed by atoms with Crippen LogP contribution in [-0.4, -0.2) is 16.7 Å². The lowest BCUT2D eigenvalue weighted by atomic mass is 10.0. The van der Waals surface area contributed by atoms with Gasteiger partial charge in [-0.3, -0.25) is 0 Å². The van der Waals surface area contributed by atoms with E-state index in [1.54, 1.807) is 25.1 Å². The van der Waals surface area contributed by atoms with Crippen molar-refractivity contribution in [1.29, 1.82) is 0 Å². The highest BCUT2D eigenvalue weighted by molar-refractivity contribution is 7.99. The molecule has 1 aliphatic carbocycles. The monoisotopic (exact) mass is 384 g/mol. The van der Waals surface area contributed by atoms with E-state index >= 15 is 0 Å². The molecule has 1 aliphatic rings. The Morgan fingerprint density at radius 1 is 1.15 bits per heavy atom. The zero-order valence-corrected chi connectivity index (χ0v) is 15.6. The maximum Gasteiger partial charge on any atom is 0.126 e. The maximum absolute atomic E-state index is 13.6. The van der Waals surface area contributed by atoms with Crippen LogP contribution in [0.1, 0.15) is 23.2 Å². The minimum atomic E-state index is -0.567. The first-order valence-corrected chi connectivity index (χ1v) is 9.44. The van der Waals surface area contributed by atoms with E-state index in [2.05, 4.69) is 4.98 Å². The van der Waals surface area contributed by atoms with E-state index < -0.39 is 11.6 Å². The third-order valence-electron chi connectivity index (χ3n) is 4.50. The number of methoxy groups -OCH3 is 1. The number of nitrogens with zero attached hydrogens (tertiary/aromatic N) is 2. The molecule has 6 heteroatoms. The summed E-state index contributed by atoms with van der Waals surface area (Å²) in [5, 5.41) is 0.913. The lowest BCUT2D eigenvalue weighted by Gasteiger charge is -2.16. The quantitative estimate of drug-likeness (QED) is 0.598. The van der Waals surface area contributed by atoms with Crippen LogP contribution in [0.2, 0.25) is 0 Å². The van der Waals surface area contributed by atoms with Crippen molar-refractivity contribution in [2.75, 3.05) is 7.11 Å². The maximum atomic E-state index is 13.6. The number of pyridine rings is 1. The SMILES string of the molecule is COC1=Cc2c(c(Sc3ccccn3)cn2Cc2cc(F)cc(F)c2)CC1. The molecular formula is C21H18F2N2OS. The fourth-order valence-electron chi connectivity index (χ4n) is 3.28. The lowest BCUT2D eigenvalue weighted by Crippen LogP contribution is -2.06. The molecule has 1 aromatic carbocycles. The topological polar surface area (TPSA) is 27.1 Å². The van der Waals surface area contributed by atoms with Gasteiger partial charge >= 0.3 is 0 Å². The Hall–Kier alpha value is -2.60. The minimum Gasteiger partial charge on any atom is -0.501 e. The summed E-state index contributed by atoms with van der Waals surface area (Å²) < 4.78 is 34.6. The molecule has 4 rings (SSSR count). The Balaban J connectivity index is 1.73. The molecule has 0 unspecified atom stereocenters. The summed E-state index contributed by atoms with van der Waals surface area (Å²) in [5.41, 5.74) is 2.81. The second-order valence-corrected chi connectivity index (χ2v) is 7.41. The van der Waals surface area contributed by atoms with Gasteiger partial charge in [0, 0.05) is 42.0 Å². The number of rotatable bonds is 5. The van der Waals surface area contributed by atoms with Crippen LogP contribution in [0, 0.1) is 11.6 Å². The number of allylic oxidation sites excluding steroid dienone is 1. The number of aromatic nitrogens is 2. The number of halogens is 2. The van der Waals surface area contributed by atoms with Crippen molar-refractivity contribution < 1.29 is 13.5 Å². The van der Waals surface area contributed by atoms with E-state index in [1.165, 1.54) is 17.7 Å². The molecule has 0 aliphatic heterocycles. The standard InChI is InChI=1S/C21H18F2N2OS/c1-26-17-5-6-18-19(11-17)25(12-14-8-15(22)10-16(23)9-14)13-20(18)27-21-4-2-3-7-24-21/h2-4,7-11,13H,5-6,12H2,1H3. The summed E-state index contributed by atoms with van der Waals surface area (Å²) in [6.45, 7) is 0.382. The molecular weight excluding hydrogens is 366 g/mol. The summed E-state index contributed by atoms with van der Waals surface area (Å²) in [7, 11) is 1.66. The van der Waals surface area contributed by atoms with Crippen LogP contribution >= 0.6 is 11.8 Å². The van der Waals surface area contributed by atoms with E-state index in [1.807, 2.05) is 35.0 Å². The molecule has 0 saturated heterocycles. The van der Waals surface area contributed by atoms with Gasteiger partial charge in [0.15, 0.2) is 0 Å². The van der Waals surface area contributed by atoms with Gasteiger partial charge in [-0.1, -0.05) is 17.8 Å². The minimum absolute atomic E-state index is 0.382. The summed E-state index contributed by atoms with van der Waals surface area (Å²) >= 11 is 1.60. The summed E-state index contributed by atoms with van der Waals surface area (Å²) in [5.74, 6) is -0.230. The van der Waals surface area contributed by atoms with Crippen LogP contribution in [0.4, 0.5) is 8.78 Å². The summed E-state index contributed by atoms with van der Waals surface area (Å²) in [6.07, 6.45) is 7.50. The molecule has 0 amide bonds. The molecule has 3 nitrogen and oxygen atoms in total. The van der Waals surface area contributed by atoms with Crippen LogP contribution in [-0.2, 0) is 17.7 Å². The average Bonchev–Trinajstić information content (AvgIpc) is 2.98. The van der Waals surface area contributed by atoms with Gasteiger partial charge in [0.25, 0.3) is 0 Å². The van der Waals surface area contributed by atoms with Crippen LogP contribution in [0.5, 0.6) is 0 Å². The number of benzene rings is 1. The van der Waals surface area contributed by atoms with Gasteiger partial charge in [-0.05, 0) is 47.9 Å². The van der Waals surface area contributed by atoms with Crippen molar-refractivity contribution in [2.24, 2.45) is 0 Å². The molecule has 2 aromatic heterocycles. The first kappa shape index (κ1) is 17.8. The largest absolute Gasteiger partial charge is 0.501 e. The molecule has 0 spiro atoms. The molecule has 0 saturated carbocycles. The van der Waals surface area contributed by atoms with E-state index in [4.69, 9.17) is 4.74 Å². The zero-order chi connectivity index (χ0) is 18.8. The van der Waals surface area contributed by atoms with Crippen LogP contribution in [0.3, 0.4) is 0 Å². The van der Waals surface area contributed by atoms with Crippen molar-refractivity contribution in [3.63, 3.8) is 0 Å². The molecule has 138 valence electrons. The van der Waals surface area contributed by atoms with Gasteiger partial charge in [0.2, 0.25) is 0 Å². The smallest absolute Gasteiger partial charge is 0.126 e. The number of ether oxygens (including phenoxy) is 1. The van der Waals surface area contributed by atoms with E-state index in [0.29, 0.717) is 12.1 Å². The number of hydrogen-bond donors (Lipinski definition) is 0. The predicted octanol–water partition coefficient (Wildman–Crippen LogP) is 5.29. The highest BCUT2D eigenvalue weighted by Gasteiger charge is 2.21. The average molecular weight is 384 g/mol. The zero-order valence-electron chi connectivity index (χ0n) is 14.8. The fourth-order valence-corrected chi connectivity index (χ4v) is 4.28. The van der Waals surface area contributed by atoms with Crippen molar-refractivity contribution in [3.8, 4) is 0 Å². The van der Waals surface area contributed by atoms with E-state index in [0.717, 1.165) is 40.3 Å². The Morgan fingerprint density at radius 2 is 1.96 bits per heavy atom. The van der Waals surface area contributed by atoms with Gasteiger partial charge in [-0.25, -0.2) is 13.8 Å². The normalized spacial score (nSPS) is 13.2. The molecule has 0 atom stereocenters. The third-order valence-corrected chi connectivity index (χ3v) is 5.52. The van der Waals surface area contributed by atoms with Gasteiger partial charge < -0.3 is 9.30 Å². The number of fused-ring (bicyclic) bond motifs is 1. The molecule has 0 N–H and O–H groups in total. The van der Waals surface area contributed by atoms with Crippen molar-refractivity contribution in [2.45, 2.75) is 29.3 Å². The molecule has 0 bridgehead atoms. The first-order chi connectivity index (χ1) is 13.1. The van der Waals surface area contributed by atoms with Gasteiger partial charge in [0.05, 0.1) is 12.9 Å². The first-order valence-electron chi connectivity index (χ1n) is 8.63. The van der Waals surface area contributed by atoms with Crippen molar-refractivity contribution >= 4 is 17.8 Å². The van der Waals surface area contributed by atoms with Crippen LogP contribution < -0.4 is 0 Å². The fraction of sp³-hybridized carbons (Fsp3) is 0.190. The molecule has 3 aromatic rings. The molecule has 0 fully saturated rings. The molecule has 0 radical (unpaired) electrons. The Labute approximate surface area is 160 Å². The molecule has 27 heavy (non-hydrogen) atoms.